The van der Waals surface area contributed by atoms with Crippen LogP contribution in [0, 0.1) is 6.92 Å². The Morgan fingerprint density at radius 3 is 2.95 bits per heavy atom. The lowest BCUT2D eigenvalue weighted by Crippen LogP contribution is -2.68. The summed E-state index contributed by atoms with van der Waals surface area (Å²) in [6.07, 6.45) is 0. The number of aliphatic carboxylic acids is 1. The Kier molecular flexibility index (Phi) is 3.95. The van der Waals surface area contributed by atoms with Crippen LogP contribution >= 0.6 is 34.9 Å². The van der Waals surface area contributed by atoms with Gasteiger partial charge < -0.3 is 10.8 Å². The molecule has 2 aliphatic heterocycles. The molecule has 2 atom stereocenters. The second kappa shape index (κ2) is 5.59. The van der Waals surface area contributed by atoms with Gasteiger partial charge in [0, 0.05) is 11.5 Å². The molecule has 2 aliphatic rings. The highest BCUT2D eigenvalue weighted by molar-refractivity contribution is 8.01. The first-order valence-electron chi connectivity index (χ1n) is 6.07. The number of aryl methyl sites for hydroxylation is 1. The molecule has 1 amide bonds. The van der Waals surface area contributed by atoms with Gasteiger partial charge in [-0.15, -0.1) is 22.0 Å². The molecular weight excluding hydrogens is 332 g/mol. The summed E-state index contributed by atoms with van der Waals surface area (Å²) >= 11 is 4.41. The summed E-state index contributed by atoms with van der Waals surface area (Å²) in [6.45, 7) is 1.87. The van der Waals surface area contributed by atoms with Crippen molar-refractivity contribution in [3.05, 3.63) is 16.3 Å². The van der Waals surface area contributed by atoms with Crippen LogP contribution in [-0.2, 0) is 9.59 Å². The zero-order valence-corrected chi connectivity index (χ0v) is 13.4. The molecule has 3 N–H and O–H groups in total. The van der Waals surface area contributed by atoms with E-state index in [1.54, 1.807) is 0 Å². The van der Waals surface area contributed by atoms with Gasteiger partial charge in [0.1, 0.15) is 22.1 Å². The molecule has 10 heteroatoms. The highest BCUT2D eigenvalue weighted by Crippen LogP contribution is 2.40. The van der Waals surface area contributed by atoms with Crippen molar-refractivity contribution in [2.24, 2.45) is 5.73 Å². The van der Waals surface area contributed by atoms with Crippen LogP contribution in [0.3, 0.4) is 0 Å². The fourth-order valence-corrected chi connectivity index (χ4v) is 5.42. The minimum Gasteiger partial charge on any atom is -0.477 e. The third-order valence-corrected chi connectivity index (χ3v) is 6.59. The van der Waals surface area contributed by atoms with Crippen molar-refractivity contribution >= 4 is 46.7 Å². The summed E-state index contributed by atoms with van der Waals surface area (Å²) in [5, 5.41) is 17.9. The maximum absolute atomic E-state index is 11.8. The second-order valence-electron chi connectivity index (χ2n) is 4.57. The first-order valence-corrected chi connectivity index (χ1v) is 8.92. The number of carbonyl (C=O) groups excluding carboxylic acids is 1. The SMILES string of the molecule is Cc1nnc(SCC2=C(C(=O)O)N3C(=O)C(N)C3SC2)s1. The number of nitrogens with two attached hydrogens (primary N) is 1. The summed E-state index contributed by atoms with van der Waals surface area (Å²) in [5.74, 6) is -0.354. The predicted molar refractivity (Wildman–Crippen MR) is 81.1 cm³/mol. The molecule has 7 nitrogen and oxygen atoms in total. The van der Waals surface area contributed by atoms with Crippen LogP contribution in [0.5, 0.6) is 0 Å². The van der Waals surface area contributed by atoms with Gasteiger partial charge >= 0.3 is 5.97 Å². The Morgan fingerprint density at radius 1 is 1.57 bits per heavy atom. The zero-order valence-electron chi connectivity index (χ0n) is 11.0. The average Bonchev–Trinajstić information content (AvgIpc) is 2.88. The van der Waals surface area contributed by atoms with E-state index in [-0.39, 0.29) is 17.0 Å². The van der Waals surface area contributed by atoms with E-state index in [1.807, 2.05) is 6.92 Å². The van der Waals surface area contributed by atoms with Gasteiger partial charge in [0.05, 0.1) is 0 Å². The van der Waals surface area contributed by atoms with E-state index in [0.29, 0.717) is 11.5 Å². The topological polar surface area (TPSA) is 109 Å². The Labute approximate surface area is 133 Å². The molecule has 0 bridgehead atoms. The van der Waals surface area contributed by atoms with Crippen molar-refractivity contribution in [3.63, 3.8) is 0 Å². The number of nitrogens with zero attached hydrogens (tertiary/aromatic N) is 3. The van der Waals surface area contributed by atoms with E-state index in [1.165, 1.54) is 39.8 Å². The summed E-state index contributed by atoms with van der Waals surface area (Å²) in [6, 6.07) is -0.593. The van der Waals surface area contributed by atoms with E-state index < -0.39 is 12.0 Å². The van der Waals surface area contributed by atoms with Gasteiger partial charge in [-0.2, -0.15) is 0 Å². The van der Waals surface area contributed by atoms with E-state index >= 15 is 0 Å². The van der Waals surface area contributed by atoms with E-state index in [4.69, 9.17) is 5.73 Å². The summed E-state index contributed by atoms with van der Waals surface area (Å²) in [4.78, 5) is 24.6. The molecule has 21 heavy (non-hydrogen) atoms. The van der Waals surface area contributed by atoms with Gasteiger partial charge in [-0.25, -0.2) is 4.79 Å². The molecule has 1 aromatic rings. The molecule has 1 saturated heterocycles. The molecule has 0 spiro atoms. The molecule has 1 fully saturated rings. The second-order valence-corrected chi connectivity index (χ2v) is 8.08. The molecule has 3 rings (SSSR count). The quantitative estimate of drug-likeness (QED) is 0.601. The molecular formula is C11H12N4O3S3. The van der Waals surface area contributed by atoms with Crippen LogP contribution in [-0.4, -0.2) is 55.0 Å². The Hall–Kier alpha value is -1.10. The number of thioether (sulfide) groups is 2. The summed E-state index contributed by atoms with van der Waals surface area (Å²) in [7, 11) is 0. The third-order valence-electron chi connectivity index (χ3n) is 3.17. The van der Waals surface area contributed by atoms with E-state index in [2.05, 4.69) is 10.2 Å². The monoisotopic (exact) mass is 344 g/mol. The van der Waals surface area contributed by atoms with Crippen LogP contribution in [0.2, 0.25) is 0 Å². The van der Waals surface area contributed by atoms with Gasteiger partial charge in [-0.05, 0) is 12.5 Å². The maximum atomic E-state index is 11.8. The lowest BCUT2D eigenvalue weighted by atomic mass is 10.0. The highest BCUT2D eigenvalue weighted by atomic mass is 32.2. The van der Waals surface area contributed by atoms with Gasteiger partial charge in [0.15, 0.2) is 4.34 Å². The number of hydrogen-bond acceptors (Lipinski definition) is 8. The standard InChI is InChI=1S/C11H12N4O3S3/c1-4-13-14-11(21-4)20-3-5-2-19-9-6(12)8(16)15(9)7(5)10(17)18/h6,9H,2-3,12H2,1H3,(H,17,18). The lowest BCUT2D eigenvalue weighted by Gasteiger charge is -2.48. The molecule has 0 radical (unpaired) electrons. The fraction of sp³-hybridized carbons (Fsp3) is 0.455. The number of rotatable bonds is 4. The lowest BCUT2D eigenvalue weighted by molar-refractivity contribution is -0.147. The number of amides is 1. The van der Waals surface area contributed by atoms with Crippen molar-refractivity contribution < 1.29 is 14.7 Å². The summed E-state index contributed by atoms with van der Waals surface area (Å²) < 4.78 is 0.795. The number of carboxylic acid groups (broad SMARTS) is 1. The molecule has 3 heterocycles. The molecule has 2 unspecified atom stereocenters. The summed E-state index contributed by atoms with van der Waals surface area (Å²) in [5.41, 5.74) is 6.51. The van der Waals surface area contributed by atoms with Crippen LogP contribution in [0.15, 0.2) is 15.6 Å². The van der Waals surface area contributed by atoms with Gasteiger partial charge in [-0.1, -0.05) is 23.1 Å². The number of fused-ring (bicyclic) bond motifs is 1. The number of aromatic nitrogens is 2. The highest BCUT2D eigenvalue weighted by Gasteiger charge is 2.51. The van der Waals surface area contributed by atoms with Crippen LogP contribution in [0.25, 0.3) is 0 Å². The number of hydrogen-bond donors (Lipinski definition) is 2. The first-order chi connectivity index (χ1) is 9.99. The van der Waals surface area contributed by atoms with Crippen molar-refractivity contribution in [1.82, 2.24) is 15.1 Å². The maximum Gasteiger partial charge on any atom is 0.352 e. The molecule has 0 aliphatic carbocycles. The fourth-order valence-electron chi connectivity index (χ4n) is 2.18. The number of β-lactam (4-membered cyclic amide) rings is 1. The predicted octanol–water partition coefficient (Wildman–Crippen LogP) is 0.520. The zero-order chi connectivity index (χ0) is 15.1. The third kappa shape index (κ3) is 2.56. The Balaban J connectivity index is 1.81. The molecule has 112 valence electrons. The van der Waals surface area contributed by atoms with Crippen LogP contribution in [0.1, 0.15) is 5.01 Å². The van der Waals surface area contributed by atoms with Crippen molar-refractivity contribution in [2.45, 2.75) is 22.7 Å². The van der Waals surface area contributed by atoms with Gasteiger partial charge in [0.25, 0.3) is 0 Å². The average molecular weight is 344 g/mol. The van der Waals surface area contributed by atoms with Crippen LogP contribution < -0.4 is 5.73 Å². The molecule has 0 saturated carbocycles. The van der Waals surface area contributed by atoms with E-state index in [9.17, 15) is 14.7 Å². The van der Waals surface area contributed by atoms with Gasteiger partial charge in [-0.3, -0.25) is 9.69 Å². The minimum absolute atomic E-state index is 0.0826. The van der Waals surface area contributed by atoms with Crippen molar-refractivity contribution in [1.29, 1.82) is 0 Å². The normalized spacial score (nSPS) is 24.9. The van der Waals surface area contributed by atoms with Crippen molar-refractivity contribution in [2.75, 3.05) is 11.5 Å². The molecule has 1 aromatic heterocycles. The van der Waals surface area contributed by atoms with Gasteiger partial charge in [0.2, 0.25) is 5.91 Å². The van der Waals surface area contributed by atoms with E-state index in [0.717, 1.165) is 14.9 Å². The first kappa shape index (κ1) is 14.8. The van der Waals surface area contributed by atoms with Crippen LogP contribution in [0.4, 0.5) is 0 Å². The smallest absolute Gasteiger partial charge is 0.352 e. The largest absolute Gasteiger partial charge is 0.477 e. The minimum atomic E-state index is -1.08. The molecule has 0 aromatic carbocycles. The van der Waals surface area contributed by atoms with Crippen molar-refractivity contribution in [3.8, 4) is 0 Å². The number of carboxylic acids is 1. The Morgan fingerprint density at radius 2 is 2.33 bits per heavy atom. The number of carbonyl (C=O) groups is 2. The Bertz CT molecular complexity index is 644.